The second-order valence-electron chi connectivity index (χ2n) is 5.43. The number of oxazole rings is 1. The van der Waals surface area contributed by atoms with E-state index in [2.05, 4.69) is 4.98 Å². The van der Waals surface area contributed by atoms with Gasteiger partial charge in [0.05, 0.1) is 11.8 Å². The molecule has 0 aliphatic carbocycles. The summed E-state index contributed by atoms with van der Waals surface area (Å²) in [6.07, 6.45) is 1.53. The molecule has 7 nitrogen and oxygen atoms in total. The largest absolute Gasteiger partial charge is 0.481 e. The highest BCUT2D eigenvalue weighted by Crippen LogP contribution is 2.22. The summed E-state index contributed by atoms with van der Waals surface area (Å²) in [6, 6.07) is 13.4. The molecule has 1 amide bonds. The number of aromatic nitrogens is 1. The van der Waals surface area contributed by atoms with Crippen molar-refractivity contribution in [2.45, 2.75) is 6.61 Å². The van der Waals surface area contributed by atoms with Gasteiger partial charge in [0.15, 0.2) is 19.0 Å². The van der Waals surface area contributed by atoms with Crippen molar-refractivity contribution in [3.8, 4) is 17.1 Å². The van der Waals surface area contributed by atoms with Crippen LogP contribution < -0.4 is 10.5 Å². The minimum Gasteiger partial charge on any atom is -0.481 e. The number of hydrogen-bond acceptors (Lipinski definition) is 6. The predicted octanol–water partition coefficient (Wildman–Crippen LogP) is 3.22. The first-order chi connectivity index (χ1) is 13.0. The van der Waals surface area contributed by atoms with Crippen molar-refractivity contribution in [3.63, 3.8) is 0 Å². The summed E-state index contributed by atoms with van der Waals surface area (Å²) in [4.78, 5) is 27.2. The molecule has 0 spiro atoms. The number of nitrogens with two attached hydrogens (primary N) is 1. The molecule has 1 aromatic heterocycles. The number of primary amides is 1. The van der Waals surface area contributed by atoms with Crippen molar-refractivity contribution in [1.82, 2.24) is 4.98 Å². The van der Waals surface area contributed by atoms with Gasteiger partial charge in [0.1, 0.15) is 5.75 Å². The number of hydrogen-bond donors (Lipinski definition) is 1. The van der Waals surface area contributed by atoms with Crippen LogP contribution in [0.4, 0.5) is 0 Å². The van der Waals surface area contributed by atoms with Crippen molar-refractivity contribution in [1.29, 1.82) is 0 Å². The molecule has 8 heteroatoms. The van der Waals surface area contributed by atoms with Crippen LogP contribution in [0.3, 0.4) is 0 Å². The molecule has 0 aliphatic heterocycles. The normalized spacial score (nSPS) is 10.4. The van der Waals surface area contributed by atoms with Crippen molar-refractivity contribution in [3.05, 3.63) is 71.2 Å². The number of rotatable bonds is 7. The molecule has 0 bridgehead atoms. The van der Waals surface area contributed by atoms with Crippen LogP contribution in [0, 0.1) is 0 Å². The average molecular weight is 387 g/mol. The first kappa shape index (κ1) is 18.5. The van der Waals surface area contributed by atoms with E-state index in [0.717, 1.165) is 5.56 Å². The molecule has 27 heavy (non-hydrogen) atoms. The topological polar surface area (TPSA) is 105 Å². The zero-order chi connectivity index (χ0) is 19.2. The minimum atomic E-state index is -0.645. The molecule has 0 saturated carbocycles. The average Bonchev–Trinajstić information content (AvgIpc) is 3.14. The van der Waals surface area contributed by atoms with Crippen LogP contribution in [0.2, 0.25) is 5.02 Å². The number of esters is 1. The Hall–Kier alpha value is -3.32. The zero-order valence-electron chi connectivity index (χ0n) is 14.1. The number of halogens is 1. The number of carbonyl (C=O) groups is 2. The Morgan fingerprint density at radius 2 is 1.85 bits per heavy atom. The Bertz CT molecular complexity index is 953. The third kappa shape index (κ3) is 4.86. The van der Waals surface area contributed by atoms with Gasteiger partial charge in [0, 0.05) is 10.6 Å². The number of para-hydroxylation sites is 1. The van der Waals surface area contributed by atoms with Crippen LogP contribution in [-0.2, 0) is 16.1 Å². The van der Waals surface area contributed by atoms with Crippen LogP contribution in [-0.4, -0.2) is 23.5 Å². The Kier molecular flexibility index (Phi) is 5.73. The van der Waals surface area contributed by atoms with E-state index in [1.807, 2.05) is 0 Å². The van der Waals surface area contributed by atoms with Crippen molar-refractivity contribution in [2.24, 2.45) is 5.73 Å². The van der Waals surface area contributed by atoms with E-state index in [9.17, 15) is 9.59 Å². The van der Waals surface area contributed by atoms with Gasteiger partial charge in [0.2, 0.25) is 5.89 Å². The summed E-state index contributed by atoms with van der Waals surface area (Å²) in [5.41, 5.74) is 6.24. The Labute approximate surface area is 159 Å². The van der Waals surface area contributed by atoms with Gasteiger partial charge >= 0.3 is 5.97 Å². The lowest BCUT2D eigenvalue weighted by Crippen LogP contribution is -2.18. The van der Waals surface area contributed by atoms with Crippen LogP contribution in [0.5, 0.6) is 5.75 Å². The summed E-state index contributed by atoms with van der Waals surface area (Å²) in [5, 5.41) is 0.616. The monoisotopic (exact) mass is 386 g/mol. The lowest BCUT2D eigenvalue weighted by atomic mass is 10.2. The van der Waals surface area contributed by atoms with Crippen molar-refractivity contribution < 1.29 is 23.5 Å². The maximum absolute atomic E-state index is 11.8. The molecule has 0 fully saturated rings. The summed E-state index contributed by atoms with van der Waals surface area (Å²) in [5.74, 6) is -0.299. The predicted molar refractivity (Wildman–Crippen MR) is 97.2 cm³/mol. The van der Waals surface area contributed by atoms with E-state index >= 15 is 0 Å². The summed E-state index contributed by atoms with van der Waals surface area (Å²) < 4.78 is 15.9. The van der Waals surface area contributed by atoms with Gasteiger partial charge in [-0.25, -0.2) is 9.78 Å². The highest BCUT2D eigenvalue weighted by molar-refractivity contribution is 6.30. The minimum absolute atomic E-state index is 0.146. The van der Waals surface area contributed by atoms with E-state index in [4.69, 9.17) is 31.2 Å². The molecule has 2 N–H and O–H groups in total. The van der Waals surface area contributed by atoms with Gasteiger partial charge in [-0.15, -0.1) is 0 Å². The van der Waals surface area contributed by atoms with E-state index in [1.54, 1.807) is 42.5 Å². The van der Waals surface area contributed by atoms with Crippen LogP contribution in [0.15, 0.2) is 59.1 Å². The first-order valence-electron chi connectivity index (χ1n) is 7.91. The maximum atomic E-state index is 11.8. The third-order valence-corrected chi connectivity index (χ3v) is 3.79. The molecule has 0 radical (unpaired) electrons. The maximum Gasteiger partial charge on any atom is 0.344 e. The molecule has 2 aromatic carbocycles. The van der Waals surface area contributed by atoms with Gasteiger partial charge in [0.25, 0.3) is 5.91 Å². The SMILES string of the molecule is NC(=O)c1ccccc1OCC(=O)OCc1ncc(-c2ccc(Cl)cc2)o1. The highest BCUT2D eigenvalue weighted by atomic mass is 35.5. The molecule has 3 rings (SSSR count). The van der Waals surface area contributed by atoms with Crippen molar-refractivity contribution >= 4 is 23.5 Å². The Morgan fingerprint density at radius 3 is 2.59 bits per heavy atom. The molecule has 1 heterocycles. The highest BCUT2D eigenvalue weighted by Gasteiger charge is 2.13. The fourth-order valence-electron chi connectivity index (χ4n) is 2.24. The molecule has 0 unspecified atom stereocenters. The number of ether oxygens (including phenoxy) is 2. The third-order valence-electron chi connectivity index (χ3n) is 3.54. The molecular formula is C19H15ClN2O5. The second kappa shape index (κ2) is 8.37. The summed E-state index contributed by atoms with van der Waals surface area (Å²) >= 11 is 5.85. The van der Waals surface area contributed by atoms with Gasteiger partial charge in [-0.05, 0) is 36.4 Å². The summed E-state index contributed by atoms with van der Waals surface area (Å²) in [6.45, 7) is -0.526. The fourth-order valence-corrected chi connectivity index (χ4v) is 2.37. The quantitative estimate of drug-likeness (QED) is 0.625. The number of amides is 1. The van der Waals surface area contributed by atoms with Crippen LogP contribution in [0.25, 0.3) is 11.3 Å². The van der Waals surface area contributed by atoms with E-state index < -0.39 is 11.9 Å². The summed E-state index contributed by atoms with van der Waals surface area (Å²) in [7, 11) is 0. The van der Waals surface area contributed by atoms with Gasteiger partial charge in [-0.2, -0.15) is 0 Å². The molecule has 0 saturated heterocycles. The molecule has 0 aliphatic rings. The fraction of sp³-hybridized carbons (Fsp3) is 0.105. The second-order valence-corrected chi connectivity index (χ2v) is 5.87. The lowest BCUT2D eigenvalue weighted by molar-refractivity contribution is -0.148. The standard InChI is InChI=1S/C19H15ClN2O5/c20-13-7-5-12(6-8-13)16-9-22-17(27-16)10-26-18(23)11-25-15-4-2-1-3-14(15)19(21)24/h1-9H,10-11H2,(H2,21,24). The smallest absolute Gasteiger partial charge is 0.344 e. The van der Waals surface area contributed by atoms with E-state index in [-0.39, 0.29) is 30.4 Å². The number of benzene rings is 2. The van der Waals surface area contributed by atoms with Gasteiger partial charge in [-0.3, -0.25) is 4.79 Å². The van der Waals surface area contributed by atoms with E-state index in [1.165, 1.54) is 12.3 Å². The van der Waals surface area contributed by atoms with Crippen LogP contribution >= 0.6 is 11.6 Å². The Morgan fingerprint density at radius 1 is 1.11 bits per heavy atom. The Balaban J connectivity index is 1.53. The molecule has 138 valence electrons. The van der Waals surface area contributed by atoms with Gasteiger partial charge < -0.3 is 19.6 Å². The number of carbonyl (C=O) groups excluding carboxylic acids is 2. The van der Waals surface area contributed by atoms with Crippen molar-refractivity contribution in [2.75, 3.05) is 6.61 Å². The molecular weight excluding hydrogens is 372 g/mol. The van der Waals surface area contributed by atoms with Crippen LogP contribution in [0.1, 0.15) is 16.2 Å². The molecule has 3 aromatic rings. The van der Waals surface area contributed by atoms with E-state index in [0.29, 0.717) is 10.8 Å². The van der Waals surface area contributed by atoms with Gasteiger partial charge in [-0.1, -0.05) is 23.7 Å². The zero-order valence-corrected chi connectivity index (χ0v) is 14.8. The first-order valence-corrected chi connectivity index (χ1v) is 8.28. The lowest BCUT2D eigenvalue weighted by Gasteiger charge is -2.08. The molecule has 0 atom stereocenters. The number of nitrogens with zero attached hydrogens (tertiary/aromatic N) is 1.